The third kappa shape index (κ3) is 5.15. The molecule has 0 amide bonds. The van der Waals surface area contributed by atoms with Crippen LogP contribution in [-0.2, 0) is 0 Å². The fourth-order valence-electron chi connectivity index (χ4n) is 2.27. The number of hydrazone groups is 1. The summed E-state index contributed by atoms with van der Waals surface area (Å²) in [6.07, 6.45) is 0. The van der Waals surface area contributed by atoms with Crippen LogP contribution < -0.4 is 14.9 Å². The molecule has 0 aliphatic heterocycles. The lowest BCUT2D eigenvalue weighted by Crippen LogP contribution is -2.01. The first-order valence-corrected chi connectivity index (χ1v) is 8.37. The normalized spacial score (nSPS) is 11.4. The summed E-state index contributed by atoms with van der Waals surface area (Å²) in [5.74, 6) is 2.03. The summed E-state index contributed by atoms with van der Waals surface area (Å²) in [6.45, 7) is 0. The summed E-state index contributed by atoms with van der Waals surface area (Å²) >= 11 is 0. The summed E-state index contributed by atoms with van der Waals surface area (Å²) in [5, 5.41) is 13.0. The molecule has 0 aliphatic rings. The number of anilines is 1. The largest absolute Gasteiger partial charge is 0.497 e. The fraction of sp³-hybridized carbons (Fsp3) is 0.0952. The molecule has 0 saturated carbocycles. The van der Waals surface area contributed by atoms with Gasteiger partial charge in [-0.15, -0.1) is 10.2 Å². The van der Waals surface area contributed by atoms with Crippen molar-refractivity contribution < 1.29 is 9.47 Å². The summed E-state index contributed by atoms with van der Waals surface area (Å²) in [7, 11) is 3.26. The highest BCUT2D eigenvalue weighted by Crippen LogP contribution is 2.19. The first-order valence-electron chi connectivity index (χ1n) is 8.37. The first kappa shape index (κ1) is 18.1. The molecule has 6 heteroatoms. The topological polar surface area (TPSA) is 67.6 Å². The fourth-order valence-corrected chi connectivity index (χ4v) is 2.27. The third-order valence-electron chi connectivity index (χ3n) is 3.75. The predicted molar refractivity (Wildman–Crippen MR) is 107 cm³/mol. The second kappa shape index (κ2) is 9.15. The van der Waals surface area contributed by atoms with Gasteiger partial charge in [-0.2, -0.15) is 5.10 Å². The standard InChI is InChI=1S/C21H20N4O2/c1-26-19-12-8-17(9-13-19)22-24-21(16-6-4-3-5-7-16)25-23-18-10-14-20(27-2)15-11-18/h3-15,22H,1-2H3/b24-21+,25-23+. The molecular formula is C21H20N4O2. The molecule has 0 heterocycles. The summed E-state index contributed by atoms with van der Waals surface area (Å²) in [4.78, 5) is 0. The van der Waals surface area contributed by atoms with Gasteiger partial charge in [0.15, 0.2) is 0 Å². The molecule has 0 radical (unpaired) electrons. The van der Waals surface area contributed by atoms with E-state index in [1.165, 1.54) is 0 Å². The smallest absolute Gasteiger partial charge is 0.201 e. The Morgan fingerprint density at radius 2 is 1.33 bits per heavy atom. The molecule has 0 unspecified atom stereocenters. The Labute approximate surface area is 158 Å². The van der Waals surface area contributed by atoms with E-state index in [-0.39, 0.29) is 0 Å². The molecule has 0 aromatic heterocycles. The third-order valence-corrected chi connectivity index (χ3v) is 3.75. The maximum absolute atomic E-state index is 5.16. The SMILES string of the molecule is COc1ccc(/N=N/C(=N/Nc2ccc(OC)cc2)c2ccccc2)cc1. The summed E-state index contributed by atoms with van der Waals surface area (Å²) in [6, 6.07) is 24.5. The van der Waals surface area contributed by atoms with Gasteiger partial charge in [0.05, 0.1) is 25.6 Å². The van der Waals surface area contributed by atoms with Gasteiger partial charge in [0.1, 0.15) is 11.5 Å². The minimum absolute atomic E-state index is 0.474. The highest BCUT2D eigenvalue weighted by atomic mass is 16.5. The molecule has 0 spiro atoms. The lowest BCUT2D eigenvalue weighted by Gasteiger charge is -2.05. The molecule has 3 aromatic rings. The van der Waals surface area contributed by atoms with E-state index in [4.69, 9.17) is 9.47 Å². The van der Waals surface area contributed by atoms with Crippen LogP contribution in [0.2, 0.25) is 0 Å². The Hall–Kier alpha value is -3.67. The number of ether oxygens (including phenoxy) is 2. The number of azo groups is 1. The lowest BCUT2D eigenvalue weighted by molar-refractivity contribution is 0.415. The van der Waals surface area contributed by atoms with Gasteiger partial charge in [-0.25, -0.2) is 0 Å². The van der Waals surface area contributed by atoms with Gasteiger partial charge in [0.2, 0.25) is 5.84 Å². The van der Waals surface area contributed by atoms with Crippen LogP contribution in [0.1, 0.15) is 5.56 Å². The lowest BCUT2D eigenvalue weighted by atomic mass is 10.2. The quantitative estimate of drug-likeness (QED) is 0.282. The Balaban J connectivity index is 1.82. The molecule has 0 saturated heterocycles. The Bertz CT molecular complexity index is 905. The Morgan fingerprint density at radius 3 is 1.93 bits per heavy atom. The van der Waals surface area contributed by atoms with Crippen molar-refractivity contribution in [3.63, 3.8) is 0 Å². The summed E-state index contributed by atoms with van der Waals surface area (Å²) < 4.78 is 10.3. The van der Waals surface area contributed by atoms with Gasteiger partial charge in [-0.1, -0.05) is 30.3 Å². The van der Waals surface area contributed by atoms with Crippen LogP contribution in [0.25, 0.3) is 0 Å². The average molecular weight is 360 g/mol. The molecule has 0 aliphatic carbocycles. The number of amidine groups is 1. The van der Waals surface area contributed by atoms with E-state index >= 15 is 0 Å². The van der Waals surface area contributed by atoms with Crippen LogP contribution in [-0.4, -0.2) is 20.1 Å². The van der Waals surface area contributed by atoms with Crippen molar-refractivity contribution in [2.75, 3.05) is 19.6 Å². The minimum atomic E-state index is 0.474. The highest BCUT2D eigenvalue weighted by molar-refractivity contribution is 5.99. The first-order chi connectivity index (χ1) is 13.3. The number of benzene rings is 3. The van der Waals surface area contributed by atoms with E-state index in [1.54, 1.807) is 14.2 Å². The number of nitrogens with one attached hydrogen (secondary N) is 1. The number of rotatable bonds is 6. The number of hydrogen-bond donors (Lipinski definition) is 1. The molecule has 3 aromatic carbocycles. The van der Waals surface area contributed by atoms with Crippen molar-refractivity contribution >= 4 is 17.2 Å². The zero-order valence-corrected chi connectivity index (χ0v) is 15.2. The maximum Gasteiger partial charge on any atom is 0.201 e. The van der Waals surface area contributed by atoms with Crippen LogP contribution in [0.3, 0.4) is 0 Å². The number of methoxy groups -OCH3 is 2. The van der Waals surface area contributed by atoms with Crippen molar-refractivity contribution in [3.8, 4) is 11.5 Å². The molecule has 3 rings (SSSR count). The molecule has 6 nitrogen and oxygen atoms in total. The van der Waals surface area contributed by atoms with E-state index in [0.29, 0.717) is 11.5 Å². The monoisotopic (exact) mass is 360 g/mol. The zero-order chi connectivity index (χ0) is 18.9. The van der Waals surface area contributed by atoms with Crippen molar-refractivity contribution in [1.82, 2.24) is 0 Å². The van der Waals surface area contributed by atoms with Gasteiger partial charge in [-0.05, 0) is 48.5 Å². The molecule has 27 heavy (non-hydrogen) atoms. The van der Waals surface area contributed by atoms with E-state index in [9.17, 15) is 0 Å². The van der Waals surface area contributed by atoms with Gasteiger partial charge in [-0.3, -0.25) is 5.43 Å². The van der Waals surface area contributed by atoms with Crippen LogP contribution in [0.5, 0.6) is 11.5 Å². The Morgan fingerprint density at radius 1 is 0.741 bits per heavy atom. The van der Waals surface area contributed by atoms with Crippen molar-refractivity contribution in [2.45, 2.75) is 0 Å². The minimum Gasteiger partial charge on any atom is -0.497 e. The highest BCUT2D eigenvalue weighted by Gasteiger charge is 2.03. The van der Waals surface area contributed by atoms with Crippen molar-refractivity contribution in [1.29, 1.82) is 0 Å². The average Bonchev–Trinajstić information content (AvgIpc) is 2.75. The summed E-state index contributed by atoms with van der Waals surface area (Å²) in [5.41, 5.74) is 5.40. The van der Waals surface area contributed by atoms with Crippen LogP contribution in [0, 0.1) is 0 Å². The van der Waals surface area contributed by atoms with E-state index in [1.807, 2.05) is 78.9 Å². The molecule has 136 valence electrons. The van der Waals surface area contributed by atoms with E-state index < -0.39 is 0 Å². The zero-order valence-electron chi connectivity index (χ0n) is 15.2. The second-order valence-corrected chi connectivity index (χ2v) is 5.54. The van der Waals surface area contributed by atoms with Gasteiger partial charge in [0, 0.05) is 5.56 Å². The second-order valence-electron chi connectivity index (χ2n) is 5.54. The number of nitrogens with zero attached hydrogens (tertiary/aromatic N) is 3. The van der Waals surface area contributed by atoms with Crippen molar-refractivity contribution in [2.24, 2.45) is 15.3 Å². The van der Waals surface area contributed by atoms with Crippen molar-refractivity contribution in [3.05, 3.63) is 84.4 Å². The number of hydrogen-bond acceptors (Lipinski definition) is 5. The predicted octanol–water partition coefficient (Wildman–Crippen LogP) is 5.26. The molecular weight excluding hydrogens is 340 g/mol. The molecule has 0 atom stereocenters. The van der Waals surface area contributed by atoms with Crippen LogP contribution >= 0.6 is 0 Å². The molecule has 0 fully saturated rings. The molecule has 1 N–H and O–H groups in total. The van der Waals surface area contributed by atoms with Gasteiger partial charge >= 0.3 is 0 Å². The maximum atomic E-state index is 5.16. The van der Waals surface area contributed by atoms with Crippen LogP contribution in [0.4, 0.5) is 11.4 Å². The van der Waals surface area contributed by atoms with Gasteiger partial charge < -0.3 is 9.47 Å². The van der Waals surface area contributed by atoms with E-state index in [0.717, 1.165) is 22.7 Å². The Kier molecular flexibility index (Phi) is 6.14. The van der Waals surface area contributed by atoms with Gasteiger partial charge in [0.25, 0.3) is 0 Å². The van der Waals surface area contributed by atoms with E-state index in [2.05, 4.69) is 20.8 Å². The molecule has 0 bridgehead atoms. The van der Waals surface area contributed by atoms with Crippen LogP contribution in [0.15, 0.2) is 94.2 Å².